The number of carbonyl (C=O) groups is 2. The van der Waals surface area contributed by atoms with Crippen LogP contribution in [0, 0.1) is 0 Å². The Bertz CT molecular complexity index is 478. The number of nitrogens with zero attached hydrogens (tertiary/aromatic N) is 1. The summed E-state index contributed by atoms with van der Waals surface area (Å²) < 4.78 is 0. The summed E-state index contributed by atoms with van der Waals surface area (Å²) in [4.78, 5) is 25.3. The van der Waals surface area contributed by atoms with Gasteiger partial charge in [0.05, 0.1) is 0 Å². The lowest BCUT2D eigenvalue weighted by Gasteiger charge is -2.23. The molecule has 4 nitrogen and oxygen atoms in total. The van der Waals surface area contributed by atoms with Crippen molar-refractivity contribution in [1.29, 1.82) is 0 Å². The molecule has 2 rings (SSSR count). The van der Waals surface area contributed by atoms with Crippen LogP contribution in [0.2, 0.25) is 0 Å². The zero-order valence-corrected chi connectivity index (χ0v) is 13.2. The molecule has 0 unspecified atom stereocenters. The van der Waals surface area contributed by atoms with E-state index in [4.69, 9.17) is 0 Å². The van der Waals surface area contributed by atoms with E-state index in [1.54, 1.807) is 23.6 Å². The third-order valence-electron chi connectivity index (χ3n) is 3.61. The van der Waals surface area contributed by atoms with E-state index >= 15 is 0 Å². The number of likely N-dealkylation sites (tertiary alicyclic amines) is 1. The number of hydrogen-bond donors (Lipinski definition) is 1. The summed E-state index contributed by atoms with van der Waals surface area (Å²) in [7, 11) is 0. The number of carbonyl (C=O) groups excluding carboxylic acids is 2. The van der Waals surface area contributed by atoms with Crippen molar-refractivity contribution >= 4 is 23.6 Å². The number of nitrogens with one attached hydrogen (secondary N) is 1. The van der Waals surface area contributed by atoms with Gasteiger partial charge in [0.15, 0.2) is 0 Å². The Kier molecular flexibility index (Phi) is 6.11. The van der Waals surface area contributed by atoms with Crippen molar-refractivity contribution in [2.24, 2.45) is 0 Å². The van der Waals surface area contributed by atoms with Crippen molar-refractivity contribution in [3.05, 3.63) is 35.9 Å². The third kappa shape index (κ3) is 4.77. The van der Waals surface area contributed by atoms with Gasteiger partial charge < -0.3 is 10.2 Å². The van der Waals surface area contributed by atoms with Crippen LogP contribution < -0.4 is 5.32 Å². The van der Waals surface area contributed by atoms with Gasteiger partial charge >= 0.3 is 0 Å². The van der Waals surface area contributed by atoms with Crippen LogP contribution in [0.15, 0.2) is 30.3 Å². The van der Waals surface area contributed by atoms with Gasteiger partial charge in [-0.2, -0.15) is 11.8 Å². The summed E-state index contributed by atoms with van der Waals surface area (Å²) >= 11 is 1.80. The first-order valence-corrected chi connectivity index (χ1v) is 8.53. The topological polar surface area (TPSA) is 49.4 Å². The standard InChI is InChI=1S/C16H22N2O2S/c1-13(18-10-5-8-15(18)19)16(20)17-9-11-21-12-14-6-3-2-4-7-14/h2-4,6-7,13H,5,8-12H2,1H3,(H,17,20)/t13-/m0/s1. The second-order valence-electron chi connectivity index (χ2n) is 5.20. The number of thioether (sulfide) groups is 1. The van der Waals surface area contributed by atoms with Crippen LogP contribution in [0.5, 0.6) is 0 Å². The molecule has 1 saturated heterocycles. The molecule has 1 aromatic rings. The van der Waals surface area contributed by atoms with Gasteiger partial charge in [-0.1, -0.05) is 30.3 Å². The molecule has 0 spiro atoms. The van der Waals surface area contributed by atoms with Crippen LogP contribution in [0.25, 0.3) is 0 Å². The Labute approximate surface area is 130 Å². The first-order chi connectivity index (χ1) is 10.2. The van der Waals surface area contributed by atoms with Gasteiger partial charge in [0.2, 0.25) is 11.8 Å². The first-order valence-electron chi connectivity index (χ1n) is 7.37. The van der Waals surface area contributed by atoms with Crippen LogP contribution in [0.3, 0.4) is 0 Å². The van der Waals surface area contributed by atoms with E-state index in [-0.39, 0.29) is 17.9 Å². The van der Waals surface area contributed by atoms with Gasteiger partial charge in [-0.25, -0.2) is 0 Å². The Hall–Kier alpha value is -1.49. The third-order valence-corrected chi connectivity index (χ3v) is 4.64. The molecule has 1 aromatic carbocycles. The summed E-state index contributed by atoms with van der Waals surface area (Å²) in [6, 6.07) is 9.94. The molecule has 1 heterocycles. The summed E-state index contributed by atoms with van der Waals surface area (Å²) in [5, 5.41) is 2.91. The molecular formula is C16H22N2O2S. The largest absolute Gasteiger partial charge is 0.353 e. The highest BCUT2D eigenvalue weighted by molar-refractivity contribution is 7.98. The van der Waals surface area contributed by atoms with Gasteiger partial charge in [0.25, 0.3) is 0 Å². The Morgan fingerprint density at radius 3 is 2.81 bits per heavy atom. The van der Waals surface area contributed by atoms with E-state index in [2.05, 4.69) is 17.4 Å². The lowest BCUT2D eigenvalue weighted by molar-refractivity contribution is -0.136. The van der Waals surface area contributed by atoms with Crippen molar-refractivity contribution in [2.75, 3.05) is 18.8 Å². The first kappa shape index (κ1) is 15.9. The average Bonchev–Trinajstić information content (AvgIpc) is 2.93. The zero-order valence-electron chi connectivity index (χ0n) is 12.4. The molecule has 0 aliphatic carbocycles. The number of rotatable bonds is 7. The van der Waals surface area contributed by atoms with Crippen LogP contribution in [-0.2, 0) is 15.3 Å². The van der Waals surface area contributed by atoms with Gasteiger partial charge in [0.1, 0.15) is 6.04 Å². The second kappa shape index (κ2) is 8.08. The molecule has 1 aliphatic heterocycles. The number of benzene rings is 1. The molecule has 0 saturated carbocycles. The monoisotopic (exact) mass is 306 g/mol. The maximum Gasteiger partial charge on any atom is 0.242 e. The van der Waals surface area contributed by atoms with Crippen molar-refractivity contribution in [2.45, 2.75) is 31.6 Å². The molecule has 1 aliphatic rings. The average molecular weight is 306 g/mol. The highest BCUT2D eigenvalue weighted by Gasteiger charge is 2.28. The lowest BCUT2D eigenvalue weighted by atomic mass is 10.2. The SMILES string of the molecule is C[C@@H](C(=O)NCCSCc1ccccc1)N1CCCC1=O. The van der Waals surface area contributed by atoms with Gasteiger partial charge in [-0.05, 0) is 18.9 Å². The summed E-state index contributed by atoms with van der Waals surface area (Å²) in [6.07, 6.45) is 1.44. The van der Waals surface area contributed by atoms with E-state index in [0.29, 0.717) is 19.5 Å². The smallest absolute Gasteiger partial charge is 0.242 e. The van der Waals surface area contributed by atoms with Crippen molar-refractivity contribution in [3.63, 3.8) is 0 Å². The Balaban J connectivity index is 1.62. The van der Waals surface area contributed by atoms with Crippen LogP contribution >= 0.6 is 11.8 Å². The molecule has 21 heavy (non-hydrogen) atoms. The van der Waals surface area contributed by atoms with Crippen LogP contribution in [0.4, 0.5) is 0 Å². The zero-order chi connectivity index (χ0) is 15.1. The maximum absolute atomic E-state index is 12.0. The predicted octanol–water partition coefficient (Wildman–Crippen LogP) is 2.05. The maximum atomic E-state index is 12.0. The molecule has 5 heteroatoms. The van der Waals surface area contributed by atoms with E-state index in [0.717, 1.165) is 17.9 Å². The van der Waals surface area contributed by atoms with E-state index < -0.39 is 0 Å². The minimum absolute atomic E-state index is 0.0504. The minimum Gasteiger partial charge on any atom is -0.353 e. The molecule has 114 valence electrons. The highest BCUT2D eigenvalue weighted by atomic mass is 32.2. The fourth-order valence-corrected chi connectivity index (χ4v) is 3.20. The summed E-state index contributed by atoms with van der Waals surface area (Å²) in [5.41, 5.74) is 1.30. The van der Waals surface area contributed by atoms with E-state index in [1.807, 2.05) is 18.2 Å². The number of hydrogen-bond acceptors (Lipinski definition) is 3. The summed E-state index contributed by atoms with van der Waals surface area (Å²) in [5.74, 6) is 1.87. The fraction of sp³-hybridized carbons (Fsp3) is 0.500. The van der Waals surface area contributed by atoms with Crippen LogP contribution in [-0.4, -0.2) is 41.6 Å². The molecule has 1 fully saturated rings. The highest BCUT2D eigenvalue weighted by Crippen LogP contribution is 2.14. The Morgan fingerprint density at radius 2 is 2.14 bits per heavy atom. The quantitative estimate of drug-likeness (QED) is 0.784. The summed E-state index contributed by atoms with van der Waals surface area (Å²) in [6.45, 7) is 3.15. The molecule has 2 amide bonds. The molecule has 0 bridgehead atoms. The molecule has 0 radical (unpaired) electrons. The number of amides is 2. The van der Waals surface area contributed by atoms with Crippen molar-refractivity contribution < 1.29 is 9.59 Å². The lowest BCUT2D eigenvalue weighted by Crippen LogP contribution is -2.46. The van der Waals surface area contributed by atoms with Gasteiger partial charge in [0, 0.05) is 31.0 Å². The van der Waals surface area contributed by atoms with Gasteiger partial charge in [-0.3, -0.25) is 9.59 Å². The Morgan fingerprint density at radius 1 is 1.38 bits per heavy atom. The molecule has 1 atom stereocenters. The normalized spacial score (nSPS) is 16.0. The predicted molar refractivity (Wildman–Crippen MR) is 86.0 cm³/mol. The molecule has 0 aromatic heterocycles. The van der Waals surface area contributed by atoms with Crippen LogP contribution in [0.1, 0.15) is 25.3 Å². The second-order valence-corrected chi connectivity index (χ2v) is 6.30. The van der Waals surface area contributed by atoms with Gasteiger partial charge in [-0.15, -0.1) is 0 Å². The van der Waals surface area contributed by atoms with Crippen molar-refractivity contribution in [3.8, 4) is 0 Å². The van der Waals surface area contributed by atoms with E-state index in [9.17, 15) is 9.59 Å². The fourth-order valence-electron chi connectivity index (χ4n) is 2.38. The molecular weight excluding hydrogens is 284 g/mol. The van der Waals surface area contributed by atoms with E-state index in [1.165, 1.54) is 5.56 Å². The molecule has 1 N–H and O–H groups in total. The minimum atomic E-state index is -0.348. The van der Waals surface area contributed by atoms with Crippen molar-refractivity contribution in [1.82, 2.24) is 10.2 Å².